The summed E-state index contributed by atoms with van der Waals surface area (Å²) in [4.78, 5) is 107. The van der Waals surface area contributed by atoms with Crippen LogP contribution in [-0.2, 0) is 30.5 Å². The SMILES string of the molecule is O=C1CCC(N2C(=O)c3ccc(NC(=O)CCCCCCCCCCCCCNC(=O)c4cc5cc(N6CC[C@](O)(C(=O)NCc7cc(F)cc(F)c7)C6=O)ccc5[nH]4)cc3C2=O)C(=O)N1. The predicted octanol–water partition coefficient (Wildman–Crippen LogP) is 5.68. The zero-order valence-corrected chi connectivity index (χ0v) is 36.4. The standard InChI is InChI=1S/C48H53F2N7O9/c49-31-22-29(23-32(50)26-31)28-52-46(64)48(66)19-21-56(47(48)65)34-14-16-37-30(24-34)25-38(54-37)42(60)51-20-11-9-7-5-3-1-2-4-6-8-10-12-40(58)53-33-13-15-35-36(27-33)45(63)57(44(35)62)39-17-18-41(59)55-43(39)61/h13-16,22-27,39,54,66H,1-12,17-21,28H2,(H,51,60)(H,52,64)(H,53,58)(H,55,59,61)/t39?,48-/m0/s1. The quantitative estimate of drug-likeness (QED) is 0.0343. The molecule has 0 spiro atoms. The molecule has 3 aromatic carbocycles. The van der Waals surface area contributed by atoms with Crippen LogP contribution >= 0.6 is 0 Å². The molecule has 8 amide bonds. The molecule has 66 heavy (non-hydrogen) atoms. The summed E-state index contributed by atoms with van der Waals surface area (Å²) in [6, 6.07) is 13.0. The number of piperidine rings is 1. The summed E-state index contributed by atoms with van der Waals surface area (Å²) < 4.78 is 27.1. The first kappa shape index (κ1) is 47.2. The van der Waals surface area contributed by atoms with Crippen molar-refractivity contribution >= 4 is 69.5 Å². The number of nitrogens with one attached hydrogen (secondary N) is 5. The Hall–Kier alpha value is -6.82. The normalized spacial score (nSPS) is 18.2. The Morgan fingerprint density at radius 2 is 1.42 bits per heavy atom. The largest absolute Gasteiger partial charge is 0.372 e. The van der Waals surface area contributed by atoms with Crippen molar-refractivity contribution in [3.8, 4) is 0 Å². The predicted molar refractivity (Wildman–Crippen MR) is 238 cm³/mol. The number of carbonyl (C=O) groups is 8. The zero-order chi connectivity index (χ0) is 47.0. The molecule has 0 saturated carbocycles. The van der Waals surface area contributed by atoms with Crippen LogP contribution in [0.25, 0.3) is 10.9 Å². The lowest BCUT2D eigenvalue weighted by Gasteiger charge is -2.27. The minimum Gasteiger partial charge on any atom is -0.372 e. The summed E-state index contributed by atoms with van der Waals surface area (Å²) >= 11 is 0. The molecule has 0 bridgehead atoms. The minimum absolute atomic E-state index is 0.0354. The smallest absolute Gasteiger partial charge is 0.268 e. The number of hydrogen-bond donors (Lipinski definition) is 6. The molecule has 2 atom stereocenters. The number of amides is 8. The highest BCUT2D eigenvalue weighted by Gasteiger charge is 2.52. The van der Waals surface area contributed by atoms with E-state index in [4.69, 9.17) is 0 Å². The highest BCUT2D eigenvalue weighted by atomic mass is 19.1. The van der Waals surface area contributed by atoms with Gasteiger partial charge in [-0.15, -0.1) is 0 Å². The van der Waals surface area contributed by atoms with Crippen LogP contribution in [0.15, 0.2) is 60.7 Å². The summed E-state index contributed by atoms with van der Waals surface area (Å²) in [5.74, 6) is -6.20. The number of nitrogens with zero attached hydrogens (tertiary/aromatic N) is 2. The third-order valence-electron chi connectivity index (χ3n) is 12.3. The monoisotopic (exact) mass is 909 g/mol. The molecule has 2 saturated heterocycles. The van der Waals surface area contributed by atoms with Gasteiger partial charge in [-0.1, -0.05) is 57.8 Å². The van der Waals surface area contributed by atoms with Crippen LogP contribution in [0.5, 0.6) is 0 Å². The average molecular weight is 910 g/mol. The second-order valence-corrected chi connectivity index (χ2v) is 17.1. The fourth-order valence-electron chi connectivity index (χ4n) is 8.69. The van der Waals surface area contributed by atoms with Gasteiger partial charge in [0.25, 0.3) is 29.5 Å². The Morgan fingerprint density at radius 1 is 0.758 bits per heavy atom. The number of aromatic nitrogens is 1. The van der Waals surface area contributed by atoms with Gasteiger partial charge in [0.2, 0.25) is 23.3 Å². The molecular formula is C48H53F2N7O9. The summed E-state index contributed by atoms with van der Waals surface area (Å²) in [7, 11) is 0. The zero-order valence-electron chi connectivity index (χ0n) is 36.4. The Kier molecular flexibility index (Phi) is 15.0. The van der Waals surface area contributed by atoms with Gasteiger partial charge in [-0.25, -0.2) is 8.78 Å². The van der Waals surface area contributed by atoms with Gasteiger partial charge in [0.1, 0.15) is 23.4 Å². The van der Waals surface area contributed by atoms with Gasteiger partial charge in [0, 0.05) is 67.2 Å². The second kappa shape index (κ2) is 21.0. The Bertz CT molecular complexity index is 2540. The topological polar surface area (TPSA) is 227 Å². The van der Waals surface area contributed by atoms with Crippen molar-refractivity contribution in [3.05, 3.63) is 94.7 Å². The lowest BCUT2D eigenvalue weighted by Crippen LogP contribution is -2.54. The Morgan fingerprint density at radius 3 is 2.12 bits per heavy atom. The van der Waals surface area contributed by atoms with Crippen molar-refractivity contribution in [2.75, 3.05) is 23.3 Å². The lowest BCUT2D eigenvalue weighted by molar-refractivity contribution is -0.149. The number of halogens is 2. The maximum atomic E-state index is 13.5. The van der Waals surface area contributed by atoms with Crippen LogP contribution in [0.4, 0.5) is 20.2 Å². The molecule has 2 fully saturated rings. The van der Waals surface area contributed by atoms with Gasteiger partial charge in [-0.3, -0.25) is 48.6 Å². The van der Waals surface area contributed by atoms with Crippen molar-refractivity contribution in [3.63, 3.8) is 0 Å². The van der Waals surface area contributed by atoms with Crippen LogP contribution in [0, 0.1) is 11.6 Å². The molecule has 18 heteroatoms. The summed E-state index contributed by atoms with van der Waals surface area (Å²) in [5, 5.41) is 22.0. The van der Waals surface area contributed by atoms with Crippen LogP contribution < -0.4 is 26.2 Å². The van der Waals surface area contributed by atoms with E-state index in [1.54, 1.807) is 30.3 Å². The number of carbonyl (C=O) groups excluding carboxylic acids is 8. The van der Waals surface area contributed by atoms with Gasteiger partial charge in [-0.05, 0) is 79.4 Å². The van der Waals surface area contributed by atoms with E-state index in [0.717, 1.165) is 87.7 Å². The van der Waals surface area contributed by atoms with E-state index < -0.39 is 58.7 Å². The molecule has 4 aromatic rings. The number of unbranched alkanes of at least 4 members (excludes halogenated alkanes) is 10. The van der Waals surface area contributed by atoms with Crippen LogP contribution in [0.2, 0.25) is 0 Å². The van der Waals surface area contributed by atoms with E-state index >= 15 is 0 Å². The van der Waals surface area contributed by atoms with Crippen LogP contribution in [-0.4, -0.2) is 87.0 Å². The Labute approximate surface area is 379 Å². The first-order chi connectivity index (χ1) is 31.7. The summed E-state index contributed by atoms with van der Waals surface area (Å²) in [6.07, 6.45) is 11.3. The van der Waals surface area contributed by atoms with Gasteiger partial charge in [-0.2, -0.15) is 0 Å². The molecule has 0 aliphatic carbocycles. The molecule has 3 aliphatic rings. The molecule has 348 valence electrons. The van der Waals surface area contributed by atoms with Crippen molar-refractivity contribution in [1.82, 2.24) is 25.8 Å². The first-order valence-corrected chi connectivity index (χ1v) is 22.6. The molecule has 0 radical (unpaired) electrons. The number of imide groups is 2. The number of aromatic amines is 1. The first-order valence-electron chi connectivity index (χ1n) is 22.6. The van der Waals surface area contributed by atoms with Crippen molar-refractivity contribution in [1.29, 1.82) is 0 Å². The third kappa shape index (κ3) is 11.0. The molecule has 3 aliphatic heterocycles. The van der Waals surface area contributed by atoms with Gasteiger partial charge < -0.3 is 30.9 Å². The van der Waals surface area contributed by atoms with Crippen molar-refractivity contribution in [2.45, 2.75) is 114 Å². The minimum atomic E-state index is -2.35. The molecule has 16 nitrogen and oxygen atoms in total. The van der Waals surface area contributed by atoms with Gasteiger partial charge in [0.05, 0.1) is 11.1 Å². The number of aliphatic hydroxyl groups is 1. The number of H-pyrrole nitrogens is 1. The second-order valence-electron chi connectivity index (χ2n) is 17.1. The highest BCUT2D eigenvalue weighted by molar-refractivity contribution is 6.24. The molecule has 7 rings (SSSR count). The Balaban J connectivity index is 0.717. The summed E-state index contributed by atoms with van der Waals surface area (Å²) in [6.45, 7) is 0.303. The van der Waals surface area contributed by atoms with Crippen LogP contribution in [0.3, 0.4) is 0 Å². The highest BCUT2D eigenvalue weighted by Crippen LogP contribution is 2.32. The van der Waals surface area contributed by atoms with E-state index in [2.05, 4.69) is 26.3 Å². The van der Waals surface area contributed by atoms with Crippen LogP contribution in [0.1, 0.15) is 133 Å². The van der Waals surface area contributed by atoms with E-state index in [0.29, 0.717) is 47.0 Å². The van der Waals surface area contributed by atoms with E-state index in [1.807, 2.05) is 0 Å². The van der Waals surface area contributed by atoms with E-state index in [9.17, 15) is 52.2 Å². The molecule has 1 aromatic heterocycles. The number of hydrogen-bond acceptors (Lipinski definition) is 9. The summed E-state index contributed by atoms with van der Waals surface area (Å²) in [5.41, 5.74) is -0.0776. The lowest BCUT2D eigenvalue weighted by atomic mass is 10.0. The maximum absolute atomic E-state index is 13.5. The molecule has 6 N–H and O–H groups in total. The number of anilines is 2. The fraction of sp³-hybridized carbons (Fsp3) is 0.417. The van der Waals surface area contributed by atoms with Crippen molar-refractivity contribution in [2.24, 2.45) is 0 Å². The maximum Gasteiger partial charge on any atom is 0.268 e. The van der Waals surface area contributed by atoms with E-state index in [1.165, 1.54) is 17.0 Å². The van der Waals surface area contributed by atoms with Gasteiger partial charge >= 0.3 is 0 Å². The average Bonchev–Trinajstić information content (AvgIpc) is 3.93. The molecule has 4 heterocycles. The molecular weight excluding hydrogens is 857 g/mol. The fourth-order valence-corrected chi connectivity index (χ4v) is 8.69. The number of benzene rings is 3. The van der Waals surface area contributed by atoms with E-state index in [-0.39, 0.29) is 60.9 Å². The number of fused-ring (bicyclic) bond motifs is 2. The molecule has 1 unspecified atom stereocenters. The van der Waals surface area contributed by atoms with Gasteiger partial charge in [0.15, 0.2) is 0 Å². The third-order valence-corrected chi connectivity index (χ3v) is 12.3. The van der Waals surface area contributed by atoms with Crippen molar-refractivity contribution < 1.29 is 52.2 Å². The number of rotatable bonds is 21.